The van der Waals surface area contributed by atoms with Gasteiger partial charge in [0.15, 0.2) is 0 Å². The molecule has 0 radical (unpaired) electrons. The van der Waals surface area contributed by atoms with Crippen LogP contribution in [0.25, 0.3) is 0 Å². The molecule has 0 spiro atoms. The van der Waals surface area contributed by atoms with Crippen molar-refractivity contribution in [2.45, 2.75) is 97.0 Å². The Kier molecular flexibility index (Phi) is 23.6. The molecule has 0 saturated carbocycles. The highest BCUT2D eigenvalue weighted by molar-refractivity contribution is 7.80. The molecule has 32 heavy (non-hydrogen) atoms. The van der Waals surface area contributed by atoms with Crippen molar-refractivity contribution in [2.24, 2.45) is 0 Å². The van der Waals surface area contributed by atoms with E-state index >= 15 is 0 Å². The first kappa shape index (κ1) is 35.2. The van der Waals surface area contributed by atoms with Crippen LogP contribution in [0.5, 0.6) is 0 Å². The van der Waals surface area contributed by atoms with Crippen LogP contribution in [0.1, 0.15) is 78.6 Å². The summed E-state index contributed by atoms with van der Waals surface area (Å²) in [6, 6.07) is 0. The van der Waals surface area contributed by atoms with Crippen LogP contribution >= 0.6 is 12.6 Å². The average Bonchev–Trinajstić information content (AvgIpc) is 2.67. The van der Waals surface area contributed by atoms with Crippen molar-refractivity contribution in [3.05, 3.63) is 12.7 Å². The summed E-state index contributed by atoms with van der Waals surface area (Å²) in [7, 11) is 0. The summed E-state index contributed by atoms with van der Waals surface area (Å²) in [4.78, 5) is 20.0. The van der Waals surface area contributed by atoms with E-state index in [2.05, 4.69) is 35.6 Å². The van der Waals surface area contributed by atoms with Gasteiger partial charge in [0.05, 0.1) is 6.61 Å². The highest BCUT2D eigenvalue weighted by Gasteiger charge is 2.59. The average molecular weight is 499 g/mol. The van der Waals surface area contributed by atoms with E-state index in [1.807, 2.05) is 0 Å². The molecule has 0 amide bonds. The summed E-state index contributed by atoms with van der Waals surface area (Å²) in [5, 5.41) is 0. The highest BCUT2D eigenvalue weighted by atomic mass is 32.1. The largest absolute Gasteiger partial charge is 0.466 e. The second-order valence-corrected chi connectivity index (χ2v) is 7.03. The SMILES string of the molecule is C=CC(=O)OC(C(F)(F)F)C(F)(F)F.CCCCCCCCCCCS.CCOC(C)=O. The van der Waals surface area contributed by atoms with Crippen molar-refractivity contribution >= 4 is 24.6 Å². The van der Waals surface area contributed by atoms with Crippen LogP contribution in [0, 0.1) is 0 Å². The number of carbonyl (C=O) groups excluding carboxylic acids is 2. The molecule has 0 aromatic heterocycles. The van der Waals surface area contributed by atoms with Gasteiger partial charge >= 0.3 is 24.3 Å². The molecule has 0 aromatic carbocycles. The van der Waals surface area contributed by atoms with E-state index < -0.39 is 24.4 Å². The van der Waals surface area contributed by atoms with E-state index in [-0.39, 0.29) is 12.0 Å². The lowest BCUT2D eigenvalue weighted by Crippen LogP contribution is -2.45. The van der Waals surface area contributed by atoms with E-state index in [0.29, 0.717) is 6.61 Å². The van der Waals surface area contributed by atoms with Crippen LogP contribution in [0.3, 0.4) is 0 Å². The van der Waals surface area contributed by atoms with Crippen molar-refractivity contribution in [1.82, 2.24) is 0 Å². The number of rotatable bonds is 12. The highest BCUT2D eigenvalue weighted by Crippen LogP contribution is 2.35. The number of thiol groups is 1. The molecule has 0 N–H and O–H groups in total. The predicted octanol–water partition coefficient (Wildman–Crippen LogP) is 7.23. The van der Waals surface area contributed by atoms with Crippen LogP contribution in [0.2, 0.25) is 0 Å². The van der Waals surface area contributed by atoms with E-state index in [0.717, 1.165) is 5.75 Å². The van der Waals surface area contributed by atoms with Crippen LogP contribution in [0.15, 0.2) is 12.7 Å². The Balaban J connectivity index is -0.000000425. The minimum Gasteiger partial charge on any atom is -0.466 e. The zero-order valence-electron chi connectivity index (χ0n) is 19.0. The number of esters is 2. The van der Waals surface area contributed by atoms with Crippen molar-refractivity contribution in [3.63, 3.8) is 0 Å². The van der Waals surface area contributed by atoms with Gasteiger partial charge in [-0.05, 0) is 19.1 Å². The molecular formula is C21H36F6O4S. The summed E-state index contributed by atoms with van der Waals surface area (Å²) in [5.41, 5.74) is 0. The molecular weight excluding hydrogens is 462 g/mol. The molecule has 0 unspecified atom stereocenters. The number of halogens is 6. The van der Waals surface area contributed by atoms with Crippen molar-refractivity contribution in [1.29, 1.82) is 0 Å². The van der Waals surface area contributed by atoms with Gasteiger partial charge in [0.25, 0.3) is 6.10 Å². The van der Waals surface area contributed by atoms with Crippen LogP contribution in [-0.2, 0) is 19.1 Å². The van der Waals surface area contributed by atoms with Crippen LogP contribution in [-0.4, -0.2) is 42.8 Å². The molecule has 0 aromatic rings. The molecule has 192 valence electrons. The molecule has 11 heteroatoms. The second-order valence-electron chi connectivity index (χ2n) is 6.58. The fourth-order valence-corrected chi connectivity index (χ4v) is 2.33. The Labute approximate surface area is 192 Å². The quantitative estimate of drug-likeness (QED) is 0.101. The zero-order chi connectivity index (χ0) is 25.6. The number of hydrogen-bond acceptors (Lipinski definition) is 5. The van der Waals surface area contributed by atoms with E-state index in [1.165, 1.54) is 64.7 Å². The summed E-state index contributed by atoms with van der Waals surface area (Å²) >= 11 is 4.19. The van der Waals surface area contributed by atoms with Gasteiger partial charge in [-0.1, -0.05) is 64.9 Å². The minimum absolute atomic E-state index is 0.211. The number of hydrogen-bond donors (Lipinski definition) is 1. The van der Waals surface area contributed by atoms with E-state index in [1.54, 1.807) is 6.92 Å². The molecule has 0 aliphatic rings. The molecule has 0 saturated heterocycles. The monoisotopic (exact) mass is 498 g/mol. The molecule has 0 rings (SSSR count). The molecule has 0 heterocycles. The summed E-state index contributed by atoms with van der Waals surface area (Å²) < 4.78 is 77.6. The summed E-state index contributed by atoms with van der Waals surface area (Å²) in [5.74, 6) is -0.933. The van der Waals surface area contributed by atoms with Gasteiger partial charge in [0.2, 0.25) is 0 Å². The zero-order valence-corrected chi connectivity index (χ0v) is 19.9. The summed E-state index contributed by atoms with van der Waals surface area (Å²) in [6.07, 6.45) is -2.57. The first-order valence-electron chi connectivity index (χ1n) is 10.5. The lowest BCUT2D eigenvalue weighted by atomic mass is 10.1. The Bertz CT molecular complexity index is 458. The van der Waals surface area contributed by atoms with Gasteiger partial charge < -0.3 is 9.47 Å². The molecule has 0 bridgehead atoms. The lowest BCUT2D eigenvalue weighted by Gasteiger charge is -2.21. The van der Waals surface area contributed by atoms with Gasteiger partial charge in [-0.3, -0.25) is 4.79 Å². The van der Waals surface area contributed by atoms with Gasteiger partial charge in [0, 0.05) is 13.0 Å². The minimum atomic E-state index is -5.68. The Morgan fingerprint density at radius 2 is 1.28 bits per heavy atom. The number of ether oxygens (including phenoxy) is 2. The summed E-state index contributed by atoms with van der Waals surface area (Å²) in [6.45, 7) is 8.59. The maximum atomic E-state index is 11.7. The normalized spacial score (nSPS) is 11.0. The molecule has 0 atom stereocenters. The third-order valence-corrected chi connectivity index (χ3v) is 3.92. The third-order valence-electron chi connectivity index (χ3n) is 3.60. The van der Waals surface area contributed by atoms with E-state index in [4.69, 9.17) is 0 Å². The topological polar surface area (TPSA) is 52.6 Å². The maximum absolute atomic E-state index is 11.7. The smallest absolute Gasteiger partial charge is 0.434 e. The van der Waals surface area contributed by atoms with Crippen molar-refractivity contribution < 1.29 is 45.4 Å². The molecule has 0 aliphatic carbocycles. The number of carbonyl (C=O) groups is 2. The number of alkyl halides is 6. The Morgan fingerprint density at radius 1 is 0.875 bits per heavy atom. The van der Waals surface area contributed by atoms with Gasteiger partial charge in [-0.25, -0.2) is 4.79 Å². The molecule has 0 fully saturated rings. The first-order valence-corrected chi connectivity index (χ1v) is 11.1. The predicted molar refractivity (Wildman–Crippen MR) is 116 cm³/mol. The van der Waals surface area contributed by atoms with Crippen molar-refractivity contribution in [2.75, 3.05) is 12.4 Å². The van der Waals surface area contributed by atoms with Gasteiger partial charge in [-0.15, -0.1) is 0 Å². The van der Waals surface area contributed by atoms with Gasteiger partial charge in [-0.2, -0.15) is 39.0 Å². The standard InChI is InChI=1S/C11H24S.C6H4F6O2.C4H8O2/c1-2-3-4-5-6-7-8-9-10-11-12;1-2-3(13)14-4(5(7,8)9)6(10,11)12;1-3-6-4(2)5/h12H,2-11H2,1H3;2,4H,1H2;3H2,1-2H3. The Hall–Kier alpha value is -1.39. The second kappa shape index (κ2) is 21.5. The van der Waals surface area contributed by atoms with Crippen molar-refractivity contribution in [3.8, 4) is 0 Å². The van der Waals surface area contributed by atoms with Gasteiger partial charge in [0.1, 0.15) is 0 Å². The molecule has 0 aliphatic heterocycles. The maximum Gasteiger partial charge on any atom is 0.434 e. The van der Waals surface area contributed by atoms with E-state index in [9.17, 15) is 35.9 Å². The fraction of sp³-hybridized carbons (Fsp3) is 0.810. The Morgan fingerprint density at radius 3 is 1.53 bits per heavy atom. The van der Waals surface area contributed by atoms with Crippen LogP contribution < -0.4 is 0 Å². The lowest BCUT2D eigenvalue weighted by molar-refractivity contribution is -0.312. The number of unbranched alkanes of at least 4 members (excludes halogenated alkanes) is 8. The molecule has 4 nitrogen and oxygen atoms in total. The first-order chi connectivity index (χ1) is 14.8. The fourth-order valence-electron chi connectivity index (χ4n) is 2.11. The van der Waals surface area contributed by atoms with Crippen LogP contribution in [0.4, 0.5) is 26.3 Å². The third kappa shape index (κ3) is 26.6.